The molecule has 3 fully saturated rings. The molecule has 6 nitrogen and oxygen atoms in total. The van der Waals surface area contributed by atoms with Crippen LogP contribution in [0.25, 0.3) is 0 Å². The van der Waals surface area contributed by atoms with Crippen LogP contribution in [0.5, 0.6) is 0 Å². The van der Waals surface area contributed by atoms with Gasteiger partial charge >= 0.3 is 0 Å². The molecule has 3 saturated carbocycles. The fourth-order valence-corrected chi connectivity index (χ4v) is 11.2. The lowest BCUT2D eigenvalue weighted by Gasteiger charge is -2.58. The molecule has 5 N–H and O–H groups in total. The highest BCUT2D eigenvalue weighted by molar-refractivity contribution is 5.25. The minimum Gasteiger partial charge on any atom is -0.380 e. The smallest absolute Gasteiger partial charge is 0.107 e. The first-order chi connectivity index (χ1) is 23.6. The lowest BCUT2D eigenvalue weighted by Crippen LogP contribution is -2.53. The molecular formula is C43H81N3O3. The third kappa shape index (κ3) is 11.7. The molecule has 6 heteroatoms. The fourth-order valence-electron chi connectivity index (χ4n) is 11.2. The quantitative estimate of drug-likeness (QED) is 0.0532. The van der Waals surface area contributed by atoms with Crippen molar-refractivity contribution in [2.24, 2.45) is 57.8 Å². The van der Waals surface area contributed by atoms with Gasteiger partial charge in [-0.05, 0) is 117 Å². The second-order valence-corrected chi connectivity index (χ2v) is 18.0. The minimum atomic E-state index is -0.561. The van der Waals surface area contributed by atoms with Crippen LogP contribution in [-0.4, -0.2) is 51.5 Å². The van der Waals surface area contributed by atoms with E-state index < -0.39 is 6.29 Å². The first-order valence-electron chi connectivity index (χ1n) is 21.3. The van der Waals surface area contributed by atoms with Crippen LogP contribution in [0.4, 0.5) is 0 Å². The summed E-state index contributed by atoms with van der Waals surface area (Å²) in [4.78, 5) is 0. The average molecular weight is 688 g/mol. The van der Waals surface area contributed by atoms with Gasteiger partial charge in [-0.25, -0.2) is 0 Å². The van der Waals surface area contributed by atoms with Crippen molar-refractivity contribution >= 4 is 0 Å². The van der Waals surface area contributed by atoms with Crippen LogP contribution in [0.2, 0.25) is 0 Å². The molecule has 0 aromatic heterocycles. The Morgan fingerprint density at radius 3 is 2.20 bits per heavy atom. The summed E-state index contributed by atoms with van der Waals surface area (Å²) in [6.45, 7) is 18.5. The van der Waals surface area contributed by atoms with E-state index in [0.717, 1.165) is 81.0 Å². The van der Waals surface area contributed by atoms with E-state index >= 15 is 0 Å². The third-order valence-electron chi connectivity index (χ3n) is 14.0. The zero-order valence-electron chi connectivity index (χ0n) is 33.1. The van der Waals surface area contributed by atoms with E-state index in [2.05, 4.69) is 52.9 Å². The van der Waals surface area contributed by atoms with Crippen LogP contribution in [-0.2, 0) is 14.2 Å². The molecule has 0 aromatic carbocycles. The third-order valence-corrected chi connectivity index (χ3v) is 14.0. The number of unbranched alkanes of at least 4 members (excludes halogenated alkanes) is 6. The summed E-state index contributed by atoms with van der Waals surface area (Å²) in [6.07, 6.45) is 27.3. The number of allylic oxidation sites excluding steroid dienone is 1. The zero-order chi connectivity index (χ0) is 35.3. The molecule has 0 spiro atoms. The Labute approximate surface area is 303 Å². The van der Waals surface area contributed by atoms with Crippen molar-refractivity contribution in [2.45, 2.75) is 182 Å². The predicted molar refractivity (Wildman–Crippen MR) is 206 cm³/mol. The van der Waals surface area contributed by atoms with Gasteiger partial charge in [-0.1, -0.05) is 105 Å². The van der Waals surface area contributed by atoms with Gasteiger partial charge in [-0.15, -0.1) is 0 Å². The summed E-state index contributed by atoms with van der Waals surface area (Å²) in [7, 11) is 0. The molecule has 0 amide bonds. The van der Waals surface area contributed by atoms with E-state index in [1.165, 1.54) is 96.3 Å². The molecule has 4 rings (SSSR count). The first kappa shape index (κ1) is 41.3. The number of ether oxygens (including phenoxy) is 3. The van der Waals surface area contributed by atoms with Gasteiger partial charge < -0.3 is 25.7 Å². The van der Waals surface area contributed by atoms with E-state index in [9.17, 15) is 0 Å². The van der Waals surface area contributed by atoms with Gasteiger partial charge in [0.25, 0.3) is 0 Å². The second kappa shape index (κ2) is 20.7. The van der Waals surface area contributed by atoms with E-state index in [1.807, 2.05) is 0 Å². The predicted octanol–water partition coefficient (Wildman–Crippen LogP) is 9.75. The number of hydrogen-bond donors (Lipinski definition) is 3. The summed E-state index contributed by atoms with van der Waals surface area (Å²) >= 11 is 0. The van der Waals surface area contributed by atoms with Crippen molar-refractivity contribution in [2.75, 3.05) is 33.0 Å². The number of fused-ring (bicyclic) bond motifs is 5. The van der Waals surface area contributed by atoms with E-state index in [0.29, 0.717) is 30.1 Å². The molecule has 4 aliphatic carbocycles. The van der Waals surface area contributed by atoms with Gasteiger partial charge in [-0.3, -0.25) is 5.32 Å². The molecule has 0 saturated heterocycles. The van der Waals surface area contributed by atoms with Gasteiger partial charge in [0.05, 0.1) is 25.4 Å². The SMILES string of the molecule is CCCCCCCCOC[C@@H](COCCCCO[C@H]1CC[C@@]2(C)C(=CC[C@H]3[C@@H]4CC[C@H]([C@H](C)CCCC(C)C)[C@@]4(C)CC[C@@H]32)C1)NC(N)N. The highest BCUT2D eigenvalue weighted by atomic mass is 16.5. The van der Waals surface area contributed by atoms with Crippen LogP contribution in [0, 0.1) is 46.3 Å². The van der Waals surface area contributed by atoms with Crippen LogP contribution < -0.4 is 16.8 Å². The van der Waals surface area contributed by atoms with E-state index in [1.54, 1.807) is 5.57 Å². The van der Waals surface area contributed by atoms with Crippen molar-refractivity contribution in [3.8, 4) is 0 Å². The Bertz CT molecular complexity index is 957. The number of nitrogens with two attached hydrogens (primary N) is 2. The summed E-state index contributed by atoms with van der Waals surface area (Å²) < 4.78 is 18.4. The fraction of sp³-hybridized carbons (Fsp3) is 0.953. The van der Waals surface area contributed by atoms with Gasteiger partial charge in [-0.2, -0.15) is 0 Å². The van der Waals surface area contributed by atoms with Crippen molar-refractivity contribution in [3.63, 3.8) is 0 Å². The molecule has 0 heterocycles. The maximum Gasteiger partial charge on any atom is 0.107 e. The molecule has 9 atom stereocenters. The molecule has 4 aliphatic rings. The topological polar surface area (TPSA) is 91.8 Å². The molecule has 286 valence electrons. The average Bonchev–Trinajstić information content (AvgIpc) is 3.42. The molecule has 0 radical (unpaired) electrons. The Kier molecular flexibility index (Phi) is 17.4. The number of rotatable bonds is 24. The molecule has 0 aromatic rings. The van der Waals surface area contributed by atoms with Crippen LogP contribution in [0.15, 0.2) is 11.6 Å². The minimum absolute atomic E-state index is 0.0207. The first-order valence-corrected chi connectivity index (χ1v) is 21.3. The lowest BCUT2D eigenvalue weighted by molar-refractivity contribution is -0.0643. The highest BCUT2D eigenvalue weighted by Gasteiger charge is 2.59. The van der Waals surface area contributed by atoms with Crippen molar-refractivity contribution in [3.05, 3.63) is 11.6 Å². The second-order valence-electron chi connectivity index (χ2n) is 18.0. The molecule has 49 heavy (non-hydrogen) atoms. The highest BCUT2D eigenvalue weighted by Crippen LogP contribution is 2.67. The maximum absolute atomic E-state index is 6.51. The summed E-state index contributed by atoms with van der Waals surface area (Å²) in [5.74, 6) is 5.39. The summed E-state index contributed by atoms with van der Waals surface area (Å²) in [5, 5.41) is 3.19. The van der Waals surface area contributed by atoms with Crippen LogP contribution >= 0.6 is 0 Å². The van der Waals surface area contributed by atoms with Gasteiger partial charge in [0.1, 0.15) is 6.29 Å². The maximum atomic E-state index is 6.51. The van der Waals surface area contributed by atoms with Crippen LogP contribution in [0.1, 0.15) is 164 Å². The lowest BCUT2D eigenvalue weighted by atomic mass is 9.47. The Balaban J connectivity index is 1.13. The summed E-state index contributed by atoms with van der Waals surface area (Å²) in [5.41, 5.74) is 14.3. The number of hydrogen-bond acceptors (Lipinski definition) is 6. The standard InChI is InChI=1S/C43H81N3O3/c1-7-8-9-10-11-12-26-47-30-35(46-41(44)45)31-48-27-13-14-28-49-36-22-24-42(5)34(29-36)18-19-37-39-21-20-38(33(4)17-15-16-32(2)3)43(39,6)25-23-40(37)42/h18,32-33,35-41,46H,7-17,19-31,44-45H2,1-6H3/t33-,35+,36+,37+,38-,39+,40+,42+,43-/m1/s1. The number of nitrogens with one attached hydrogen (secondary N) is 1. The zero-order valence-corrected chi connectivity index (χ0v) is 33.1. The van der Waals surface area contributed by atoms with Gasteiger partial charge in [0.2, 0.25) is 0 Å². The Hall–Kier alpha value is -0.500. The Morgan fingerprint density at radius 1 is 0.796 bits per heavy atom. The van der Waals surface area contributed by atoms with E-state index in [-0.39, 0.29) is 6.04 Å². The Morgan fingerprint density at radius 2 is 1.49 bits per heavy atom. The van der Waals surface area contributed by atoms with Crippen molar-refractivity contribution in [1.82, 2.24) is 5.32 Å². The van der Waals surface area contributed by atoms with E-state index in [4.69, 9.17) is 25.7 Å². The van der Waals surface area contributed by atoms with Crippen LogP contribution in [0.3, 0.4) is 0 Å². The largest absolute Gasteiger partial charge is 0.380 e. The van der Waals surface area contributed by atoms with Crippen molar-refractivity contribution < 1.29 is 14.2 Å². The normalized spacial score (nSPS) is 32.5. The molecular weight excluding hydrogens is 606 g/mol. The molecule has 0 aliphatic heterocycles. The van der Waals surface area contributed by atoms with Crippen molar-refractivity contribution in [1.29, 1.82) is 0 Å². The molecule has 0 unspecified atom stereocenters. The van der Waals surface area contributed by atoms with Gasteiger partial charge in [0, 0.05) is 19.8 Å². The summed E-state index contributed by atoms with van der Waals surface area (Å²) in [6, 6.07) is 0.0207. The monoisotopic (exact) mass is 688 g/mol. The molecule has 0 bridgehead atoms. The van der Waals surface area contributed by atoms with Gasteiger partial charge in [0.15, 0.2) is 0 Å².